The lowest BCUT2D eigenvalue weighted by molar-refractivity contribution is -0.163. The van der Waals surface area contributed by atoms with Crippen LogP contribution in [0.3, 0.4) is 0 Å². The van der Waals surface area contributed by atoms with E-state index in [-0.39, 0.29) is 12.3 Å². The van der Waals surface area contributed by atoms with E-state index in [1.54, 1.807) is 6.92 Å². The first-order valence-electron chi connectivity index (χ1n) is 4.57. The third-order valence-electron chi connectivity index (χ3n) is 2.97. The number of carbonyl (C=O) groups is 1. The summed E-state index contributed by atoms with van der Waals surface area (Å²) in [6.07, 6.45) is 0.443. The van der Waals surface area contributed by atoms with Gasteiger partial charge >= 0.3 is 5.97 Å². The molecule has 0 bridgehead atoms. The first-order chi connectivity index (χ1) is 5.98. The quantitative estimate of drug-likeness (QED) is 0.691. The van der Waals surface area contributed by atoms with Gasteiger partial charge in [-0.15, -0.1) is 0 Å². The maximum Gasteiger partial charge on any atom is 0.341 e. The van der Waals surface area contributed by atoms with Crippen molar-refractivity contribution in [3.05, 3.63) is 0 Å². The molecule has 0 amide bonds. The van der Waals surface area contributed by atoms with Crippen LogP contribution in [0.15, 0.2) is 0 Å². The molecule has 3 nitrogen and oxygen atoms in total. The van der Waals surface area contributed by atoms with Gasteiger partial charge in [-0.3, -0.25) is 0 Å². The van der Waals surface area contributed by atoms with Gasteiger partial charge in [-0.1, -0.05) is 19.8 Å². The van der Waals surface area contributed by atoms with E-state index in [1.807, 2.05) is 0 Å². The lowest BCUT2D eigenvalue weighted by atomic mass is 9.73. The summed E-state index contributed by atoms with van der Waals surface area (Å²) >= 11 is 0. The molecular formula is C9H15FO3. The van der Waals surface area contributed by atoms with Crippen LogP contribution in [0.4, 0.5) is 4.39 Å². The van der Waals surface area contributed by atoms with Crippen molar-refractivity contribution in [1.29, 1.82) is 0 Å². The van der Waals surface area contributed by atoms with Crippen molar-refractivity contribution in [2.75, 3.05) is 0 Å². The molecule has 0 aliphatic heterocycles. The highest BCUT2D eigenvalue weighted by atomic mass is 19.1. The van der Waals surface area contributed by atoms with E-state index < -0.39 is 17.7 Å². The molecule has 0 aromatic rings. The van der Waals surface area contributed by atoms with Gasteiger partial charge in [0.25, 0.3) is 0 Å². The van der Waals surface area contributed by atoms with Crippen LogP contribution in [-0.2, 0) is 4.79 Å². The Morgan fingerprint density at radius 3 is 2.69 bits per heavy atom. The lowest BCUT2D eigenvalue weighted by Gasteiger charge is -2.38. The summed E-state index contributed by atoms with van der Waals surface area (Å²) in [4.78, 5) is 10.4. The SMILES string of the molecule is CC1CCCCC1(O)C(F)C(=O)O. The molecule has 0 aromatic heterocycles. The monoisotopic (exact) mass is 190 g/mol. The molecule has 1 aliphatic carbocycles. The molecule has 3 atom stereocenters. The molecule has 1 aliphatic rings. The molecule has 0 heterocycles. The number of rotatable bonds is 2. The molecule has 0 spiro atoms. The first kappa shape index (κ1) is 10.4. The summed E-state index contributed by atoms with van der Waals surface area (Å²) in [5.74, 6) is -1.83. The van der Waals surface area contributed by atoms with Crippen LogP contribution in [0, 0.1) is 5.92 Å². The second kappa shape index (κ2) is 3.62. The topological polar surface area (TPSA) is 57.5 Å². The fraction of sp³-hybridized carbons (Fsp3) is 0.889. The van der Waals surface area contributed by atoms with Gasteiger partial charge in [0.05, 0.1) is 0 Å². The van der Waals surface area contributed by atoms with Crippen LogP contribution >= 0.6 is 0 Å². The highest BCUT2D eigenvalue weighted by Crippen LogP contribution is 2.37. The third kappa shape index (κ3) is 1.82. The van der Waals surface area contributed by atoms with Gasteiger partial charge in [0, 0.05) is 0 Å². The Kier molecular flexibility index (Phi) is 2.91. The van der Waals surface area contributed by atoms with Gasteiger partial charge in [0.2, 0.25) is 6.17 Å². The molecular weight excluding hydrogens is 175 g/mol. The van der Waals surface area contributed by atoms with E-state index in [2.05, 4.69) is 0 Å². The summed E-state index contributed by atoms with van der Waals surface area (Å²) in [7, 11) is 0. The molecule has 3 unspecified atom stereocenters. The predicted molar refractivity (Wildman–Crippen MR) is 45.1 cm³/mol. The Bertz CT molecular complexity index is 207. The van der Waals surface area contributed by atoms with Crippen molar-refractivity contribution in [2.24, 2.45) is 5.92 Å². The molecule has 0 radical (unpaired) electrons. The first-order valence-corrected chi connectivity index (χ1v) is 4.57. The fourth-order valence-corrected chi connectivity index (χ4v) is 1.95. The smallest absolute Gasteiger partial charge is 0.341 e. The van der Waals surface area contributed by atoms with E-state index >= 15 is 0 Å². The molecule has 76 valence electrons. The lowest BCUT2D eigenvalue weighted by Crippen LogP contribution is -2.51. The normalized spacial score (nSPS) is 37.0. The number of alkyl halides is 1. The fourth-order valence-electron chi connectivity index (χ4n) is 1.95. The number of hydrogen-bond donors (Lipinski definition) is 2. The third-order valence-corrected chi connectivity index (χ3v) is 2.97. The number of hydrogen-bond acceptors (Lipinski definition) is 2. The average molecular weight is 190 g/mol. The zero-order chi connectivity index (χ0) is 10.1. The molecule has 1 rings (SSSR count). The van der Waals surface area contributed by atoms with E-state index in [4.69, 9.17) is 5.11 Å². The van der Waals surface area contributed by atoms with Gasteiger partial charge in [0.1, 0.15) is 5.60 Å². The molecule has 1 fully saturated rings. The molecule has 2 N–H and O–H groups in total. The Morgan fingerprint density at radius 1 is 1.62 bits per heavy atom. The van der Waals surface area contributed by atoms with Crippen LogP contribution in [0.2, 0.25) is 0 Å². The van der Waals surface area contributed by atoms with Gasteiger partial charge in [0.15, 0.2) is 0 Å². The highest BCUT2D eigenvalue weighted by Gasteiger charge is 2.47. The van der Waals surface area contributed by atoms with Crippen LogP contribution in [-0.4, -0.2) is 28.0 Å². The van der Waals surface area contributed by atoms with E-state index in [1.165, 1.54) is 0 Å². The zero-order valence-corrected chi connectivity index (χ0v) is 7.66. The van der Waals surface area contributed by atoms with Crippen LogP contribution in [0.25, 0.3) is 0 Å². The van der Waals surface area contributed by atoms with Crippen LogP contribution < -0.4 is 0 Å². The minimum atomic E-state index is -2.15. The minimum absolute atomic E-state index is 0.252. The molecule has 1 saturated carbocycles. The summed E-state index contributed by atoms with van der Waals surface area (Å²) in [6, 6.07) is 0. The molecule has 4 heteroatoms. The summed E-state index contributed by atoms with van der Waals surface area (Å²) in [5.41, 5.74) is -1.65. The highest BCUT2D eigenvalue weighted by molar-refractivity contribution is 5.73. The van der Waals surface area contributed by atoms with Crippen molar-refractivity contribution in [2.45, 2.75) is 44.4 Å². The number of aliphatic carboxylic acids is 1. The summed E-state index contributed by atoms with van der Waals surface area (Å²) in [6.45, 7) is 1.70. The molecule has 0 aromatic carbocycles. The van der Waals surface area contributed by atoms with Crippen molar-refractivity contribution in [3.63, 3.8) is 0 Å². The van der Waals surface area contributed by atoms with Crippen molar-refractivity contribution in [1.82, 2.24) is 0 Å². The van der Waals surface area contributed by atoms with E-state index in [9.17, 15) is 14.3 Å². The maximum atomic E-state index is 13.2. The standard InChI is InChI=1S/C9H15FO3/c1-6-4-2-3-5-9(6,13)7(10)8(11)12/h6-7,13H,2-5H2,1H3,(H,11,12). The van der Waals surface area contributed by atoms with Gasteiger partial charge < -0.3 is 10.2 Å². The number of carboxylic acids is 1. The van der Waals surface area contributed by atoms with Crippen molar-refractivity contribution < 1.29 is 19.4 Å². The van der Waals surface area contributed by atoms with E-state index in [0.29, 0.717) is 12.8 Å². The molecule has 0 saturated heterocycles. The minimum Gasteiger partial charge on any atom is -0.479 e. The van der Waals surface area contributed by atoms with Crippen LogP contribution in [0.1, 0.15) is 32.6 Å². The predicted octanol–water partition coefficient (Wildman–Crippen LogP) is 1.35. The number of carboxylic acid groups (broad SMARTS) is 1. The number of aliphatic hydroxyl groups is 1. The van der Waals surface area contributed by atoms with Gasteiger partial charge in [-0.25, -0.2) is 9.18 Å². The molecule has 13 heavy (non-hydrogen) atoms. The largest absolute Gasteiger partial charge is 0.479 e. The van der Waals surface area contributed by atoms with E-state index in [0.717, 1.165) is 6.42 Å². The maximum absolute atomic E-state index is 13.2. The second-order valence-corrected chi connectivity index (χ2v) is 3.84. The van der Waals surface area contributed by atoms with Gasteiger partial charge in [-0.05, 0) is 18.8 Å². The Hall–Kier alpha value is -0.640. The summed E-state index contributed by atoms with van der Waals surface area (Å²) < 4.78 is 13.2. The van der Waals surface area contributed by atoms with Crippen LogP contribution in [0.5, 0.6) is 0 Å². The Balaban J connectivity index is 2.77. The zero-order valence-electron chi connectivity index (χ0n) is 7.66. The summed E-state index contributed by atoms with van der Waals surface area (Å²) in [5, 5.41) is 18.3. The second-order valence-electron chi connectivity index (χ2n) is 3.84. The average Bonchev–Trinajstić information content (AvgIpc) is 2.09. The Labute approximate surface area is 76.6 Å². The van der Waals surface area contributed by atoms with Crippen molar-refractivity contribution >= 4 is 5.97 Å². The van der Waals surface area contributed by atoms with Crippen molar-refractivity contribution in [3.8, 4) is 0 Å². The number of halogens is 1. The van der Waals surface area contributed by atoms with Gasteiger partial charge in [-0.2, -0.15) is 0 Å². The Morgan fingerprint density at radius 2 is 2.23 bits per heavy atom.